The van der Waals surface area contributed by atoms with Gasteiger partial charge < -0.3 is 5.73 Å². The fraction of sp³-hybridized carbons (Fsp3) is 0.0769. The highest BCUT2D eigenvalue weighted by molar-refractivity contribution is 7.85. The summed E-state index contributed by atoms with van der Waals surface area (Å²) in [6.45, 7) is 2.08. The molecule has 0 bridgehead atoms. The minimum absolute atomic E-state index is 0.147. The van der Waals surface area contributed by atoms with Crippen LogP contribution < -0.4 is 5.73 Å². The molecule has 3 N–H and O–H groups in total. The molecule has 0 heterocycles. The van der Waals surface area contributed by atoms with Gasteiger partial charge in [0.2, 0.25) is 0 Å². The average Bonchev–Trinajstić information content (AvgIpc) is 2.30. The van der Waals surface area contributed by atoms with Gasteiger partial charge in [-0.1, -0.05) is 35.9 Å². The second-order valence-electron chi connectivity index (χ2n) is 3.70. The molecule has 0 aliphatic heterocycles. The molecule has 2 aromatic carbocycles. The Morgan fingerprint density at radius 1 is 0.944 bits per heavy atom. The van der Waals surface area contributed by atoms with Crippen molar-refractivity contribution < 1.29 is 13.0 Å². The Labute approximate surface area is 107 Å². The summed E-state index contributed by atoms with van der Waals surface area (Å²) in [6, 6.07) is 15.6. The summed E-state index contributed by atoms with van der Waals surface area (Å²) < 4.78 is 29.4. The number of nitrogens with two attached hydrogens (primary N) is 1. The summed E-state index contributed by atoms with van der Waals surface area (Å²) in [4.78, 5) is -0.147. The predicted molar refractivity (Wildman–Crippen MR) is 71.8 cm³/mol. The van der Waals surface area contributed by atoms with E-state index in [4.69, 9.17) is 10.3 Å². The van der Waals surface area contributed by atoms with Crippen LogP contribution in [0.3, 0.4) is 0 Å². The van der Waals surface area contributed by atoms with Crippen molar-refractivity contribution in [1.29, 1.82) is 0 Å². The Bertz CT molecular complexity index is 577. The third-order valence-electron chi connectivity index (χ3n) is 2.12. The number of rotatable bonds is 1. The SMILES string of the molecule is Cc1ccccc1.Nc1ccc(S(=O)(=O)O)cc1. The molecule has 0 fully saturated rings. The van der Waals surface area contributed by atoms with Crippen molar-refractivity contribution in [2.45, 2.75) is 11.8 Å². The first-order chi connectivity index (χ1) is 8.39. The van der Waals surface area contributed by atoms with Gasteiger partial charge in [-0.15, -0.1) is 0 Å². The molecule has 0 aliphatic rings. The van der Waals surface area contributed by atoms with Crippen molar-refractivity contribution in [3.05, 3.63) is 60.2 Å². The van der Waals surface area contributed by atoms with E-state index in [1.54, 1.807) is 0 Å². The number of anilines is 1. The summed E-state index contributed by atoms with van der Waals surface area (Å²) >= 11 is 0. The third kappa shape index (κ3) is 4.99. The Balaban J connectivity index is 0.000000199. The predicted octanol–water partition coefficient (Wildman–Crippen LogP) is 2.51. The Kier molecular flexibility index (Phi) is 4.88. The fourth-order valence-corrected chi connectivity index (χ4v) is 1.65. The number of benzene rings is 2. The summed E-state index contributed by atoms with van der Waals surface area (Å²) in [5.74, 6) is 0. The monoisotopic (exact) mass is 265 g/mol. The van der Waals surface area contributed by atoms with Crippen LogP contribution in [0.2, 0.25) is 0 Å². The van der Waals surface area contributed by atoms with Crippen LogP contribution in [0, 0.1) is 6.92 Å². The molecule has 0 radical (unpaired) electrons. The fourth-order valence-electron chi connectivity index (χ4n) is 1.17. The molecule has 0 saturated carbocycles. The largest absolute Gasteiger partial charge is 0.399 e. The molecular weight excluding hydrogens is 250 g/mol. The quantitative estimate of drug-likeness (QED) is 0.613. The van der Waals surface area contributed by atoms with E-state index in [1.807, 2.05) is 18.2 Å². The molecular formula is C13H15NO3S. The number of hydrogen-bond donors (Lipinski definition) is 2. The third-order valence-corrected chi connectivity index (χ3v) is 2.99. The van der Waals surface area contributed by atoms with Crippen LogP contribution in [0.1, 0.15) is 5.56 Å². The first kappa shape index (κ1) is 14.2. The lowest BCUT2D eigenvalue weighted by Crippen LogP contribution is -1.97. The van der Waals surface area contributed by atoms with Gasteiger partial charge in [-0.2, -0.15) is 8.42 Å². The standard InChI is InChI=1S/C7H8.C6H7NO3S/c1-7-5-3-2-4-6-7;7-5-1-3-6(4-2-5)11(8,9)10/h2-6H,1H3;1-4H,7H2,(H,8,9,10). The summed E-state index contributed by atoms with van der Waals surface area (Å²) in [7, 11) is -4.08. The molecule has 0 saturated heterocycles. The molecule has 0 aliphatic carbocycles. The maximum atomic E-state index is 10.5. The van der Waals surface area contributed by atoms with E-state index in [0.717, 1.165) is 0 Å². The molecule has 0 atom stereocenters. The van der Waals surface area contributed by atoms with Gasteiger partial charge in [0.25, 0.3) is 10.1 Å². The van der Waals surface area contributed by atoms with Gasteiger partial charge in [0.15, 0.2) is 0 Å². The van der Waals surface area contributed by atoms with Crippen LogP contribution in [0.5, 0.6) is 0 Å². The first-order valence-electron chi connectivity index (χ1n) is 5.24. The number of hydrogen-bond acceptors (Lipinski definition) is 3. The molecule has 0 spiro atoms. The normalized spacial score (nSPS) is 10.3. The first-order valence-corrected chi connectivity index (χ1v) is 6.68. The van der Waals surface area contributed by atoms with Crippen LogP contribution in [-0.4, -0.2) is 13.0 Å². The van der Waals surface area contributed by atoms with Gasteiger partial charge in [0.05, 0.1) is 4.90 Å². The highest BCUT2D eigenvalue weighted by Crippen LogP contribution is 2.10. The average molecular weight is 265 g/mol. The van der Waals surface area contributed by atoms with Crippen molar-refractivity contribution in [3.63, 3.8) is 0 Å². The van der Waals surface area contributed by atoms with E-state index in [-0.39, 0.29) is 4.90 Å². The molecule has 96 valence electrons. The zero-order valence-corrected chi connectivity index (χ0v) is 10.8. The van der Waals surface area contributed by atoms with Crippen molar-refractivity contribution in [1.82, 2.24) is 0 Å². The van der Waals surface area contributed by atoms with Gasteiger partial charge in [0.1, 0.15) is 0 Å². The number of nitrogen functional groups attached to an aromatic ring is 1. The van der Waals surface area contributed by atoms with Gasteiger partial charge in [-0.3, -0.25) is 4.55 Å². The molecule has 0 amide bonds. The van der Waals surface area contributed by atoms with Crippen molar-refractivity contribution in [2.24, 2.45) is 0 Å². The van der Waals surface area contributed by atoms with E-state index in [9.17, 15) is 8.42 Å². The lowest BCUT2D eigenvalue weighted by Gasteiger charge is -1.95. The van der Waals surface area contributed by atoms with Gasteiger partial charge >= 0.3 is 0 Å². The van der Waals surface area contributed by atoms with Crippen molar-refractivity contribution in [3.8, 4) is 0 Å². The molecule has 2 aromatic rings. The molecule has 18 heavy (non-hydrogen) atoms. The van der Waals surface area contributed by atoms with Gasteiger partial charge in [-0.05, 0) is 31.2 Å². The van der Waals surface area contributed by atoms with Crippen molar-refractivity contribution in [2.75, 3.05) is 5.73 Å². The Morgan fingerprint density at radius 3 is 1.78 bits per heavy atom. The van der Waals surface area contributed by atoms with Crippen LogP contribution in [0.4, 0.5) is 5.69 Å². The van der Waals surface area contributed by atoms with Crippen LogP contribution >= 0.6 is 0 Å². The lowest BCUT2D eigenvalue weighted by atomic mass is 10.2. The molecule has 5 heteroatoms. The van der Waals surface area contributed by atoms with Crippen LogP contribution in [-0.2, 0) is 10.1 Å². The second kappa shape index (κ2) is 6.18. The smallest absolute Gasteiger partial charge is 0.294 e. The van der Waals surface area contributed by atoms with E-state index >= 15 is 0 Å². The van der Waals surface area contributed by atoms with E-state index in [1.165, 1.54) is 29.8 Å². The highest BCUT2D eigenvalue weighted by Gasteiger charge is 2.06. The topological polar surface area (TPSA) is 80.4 Å². The van der Waals surface area contributed by atoms with Gasteiger partial charge in [0, 0.05) is 5.69 Å². The second-order valence-corrected chi connectivity index (χ2v) is 5.12. The van der Waals surface area contributed by atoms with E-state index in [0.29, 0.717) is 5.69 Å². The summed E-state index contributed by atoms with van der Waals surface area (Å²) in [5, 5.41) is 0. The minimum Gasteiger partial charge on any atom is -0.399 e. The minimum atomic E-state index is -4.08. The van der Waals surface area contributed by atoms with E-state index in [2.05, 4.69) is 19.1 Å². The highest BCUT2D eigenvalue weighted by atomic mass is 32.2. The Hall–Kier alpha value is -1.85. The summed E-state index contributed by atoms with van der Waals surface area (Å²) in [6.07, 6.45) is 0. The van der Waals surface area contributed by atoms with Gasteiger partial charge in [-0.25, -0.2) is 0 Å². The van der Waals surface area contributed by atoms with E-state index < -0.39 is 10.1 Å². The van der Waals surface area contributed by atoms with Crippen LogP contribution in [0.15, 0.2) is 59.5 Å². The molecule has 0 aromatic heterocycles. The molecule has 0 unspecified atom stereocenters. The maximum absolute atomic E-state index is 10.5. The zero-order chi connectivity index (χ0) is 13.6. The lowest BCUT2D eigenvalue weighted by molar-refractivity contribution is 0.483. The molecule has 4 nitrogen and oxygen atoms in total. The zero-order valence-electron chi connectivity index (χ0n) is 9.95. The van der Waals surface area contributed by atoms with Crippen LogP contribution in [0.25, 0.3) is 0 Å². The molecule has 2 rings (SSSR count). The summed E-state index contributed by atoms with van der Waals surface area (Å²) in [5.41, 5.74) is 7.07. The van der Waals surface area contributed by atoms with Crippen molar-refractivity contribution >= 4 is 15.8 Å². The maximum Gasteiger partial charge on any atom is 0.294 e. The number of aryl methyl sites for hydroxylation is 1. The Morgan fingerprint density at radius 2 is 1.44 bits per heavy atom.